The summed E-state index contributed by atoms with van der Waals surface area (Å²) < 4.78 is 0. The first-order valence-corrected chi connectivity index (χ1v) is 4.91. The summed E-state index contributed by atoms with van der Waals surface area (Å²) in [6, 6.07) is 0. The highest BCUT2D eigenvalue weighted by Crippen LogP contribution is 2.53. The Labute approximate surface area is 86.9 Å². The molecule has 0 heterocycles. The van der Waals surface area contributed by atoms with Crippen molar-refractivity contribution in [2.45, 2.75) is 19.3 Å². The molecular weight excluding hydrogens is 196 g/mol. The summed E-state index contributed by atoms with van der Waals surface area (Å²) in [5.74, 6) is -1.88. The summed E-state index contributed by atoms with van der Waals surface area (Å²) in [6.45, 7) is 0. The molecule has 0 saturated heterocycles. The second kappa shape index (κ2) is 3.22. The molecule has 0 aromatic heterocycles. The summed E-state index contributed by atoms with van der Waals surface area (Å²) in [7, 11) is 0. The van der Waals surface area contributed by atoms with Crippen LogP contribution in [0, 0.1) is 11.3 Å². The third kappa shape index (κ3) is 1.56. The van der Waals surface area contributed by atoms with Crippen LogP contribution in [0.25, 0.3) is 0 Å². The maximum Gasteiger partial charge on any atom is 0.332 e. The zero-order valence-corrected chi connectivity index (χ0v) is 8.14. The van der Waals surface area contributed by atoms with Crippen molar-refractivity contribution in [3.8, 4) is 0 Å². The van der Waals surface area contributed by atoms with Gasteiger partial charge in [-0.2, -0.15) is 0 Å². The number of hydrogen-bond acceptors (Lipinski definition) is 2. The maximum absolute atomic E-state index is 11.0. The van der Waals surface area contributed by atoms with Crippen LogP contribution in [0.3, 0.4) is 0 Å². The number of carboxylic acids is 2. The van der Waals surface area contributed by atoms with Crippen LogP contribution in [0.15, 0.2) is 23.8 Å². The molecule has 0 aromatic rings. The average Bonchev–Trinajstić information content (AvgIpc) is 2.73. The molecule has 2 aliphatic carbocycles. The molecule has 2 N–H and O–H groups in total. The fraction of sp³-hybridized carbons (Fsp3) is 0.455. The lowest BCUT2D eigenvalue weighted by Gasteiger charge is -2.23. The van der Waals surface area contributed by atoms with Crippen molar-refractivity contribution < 1.29 is 19.8 Å². The molecule has 4 nitrogen and oxygen atoms in total. The monoisotopic (exact) mass is 208 g/mol. The van der Waals surface area contributed by atoms with Gasteiger partial charge in [-0.05, 0) is 25.2 Å². The van der Waals surface area contributed by atoms with E-state index in [1.54, 1.807) is 0 Å². The van der Waals surface area contributed by atoms with Crippen LogP contribution in [0.4, 0.5) is 0 Å². The van der Waals surface area contributed by atoms with Gasteiger partial charge in [-0.1, -0.05) is 12.2 Å². The Morgan fingerprint density at radius 1 is 1.40 bits per heavy atom. The first-order valence-electron chi connectivity index (χ1n) is 4.91. The Morgan fingerprint density at radius 3 is 2.47 bits per heavy atom. The molecule has 80 valence electrons. The first kappa shape index (κ1) is 9.96. The summed E-state index contributed by atoms with van der Waals surface area (Å²) in [4.78, 5) is 21.6. The Balaban J connectivity index is 2.38. The molecule has 4 heteroatoms. The van der Waals surface area contributed by atoms with Gasteiger partial charge in [-0.25, -0.2) is 9.59 Å². The van der Waals surface area contributed by atoms with Crippen molar-refractivity contribution in [3.63, 3.8) is 0 Å². The maximum atomic E-state index is 11.0. The molecule has 2 rings (SSSR count). The molecule has 15 heavy (non-hydrogen) atoms. The fourth-order valence-electron chi connectivity index (χ4n) is 2.63. The van der Waals surface area contributed by atoms with E-state index in [2.05, 4.69) is 0 Å². The predicted molar refractivity (Wildman–Crippen MR) is 52.3 cm³/mol. The molecule has 0 amide bonds. The van der Waals surface area contributed by atoms with Crippen molar-refractivity contribution >= 4 is 11.9 Å². The van der Waals surface area contributed by atoms with Gasteiger partial charge in [0, 0.05) is 11.5 Å². The largest absolute Gasteiger partial charge is 0.478 e. The van der Waals surface area contributed by atoms with E-state index in [1.807, 2.05) is 12.2 Å². The van der Waals surface area contributed by atoms with Gasteiger partial charge < -0.3 is 10.2 Å². The second-order valence-corrected chi connectivity index (χ2v) is 4.22. The number of rotatable bonds is 3. The number of hydrogen-bond donors (Lipinski definition) is 2. The minimum atomic E-state index is -1.19. The number of aliphatic carboxylic acids is 2. The van der Waals surface area contributed by atoms with E-state index < -0.39 is 17.4 Å². The van der Waals surface area contributed by atoms with Crippen LogP contribution in [0.1, 0.15) is 19.3 Å². The lowest BCUT2D eigenvalue weighted by atomic mass is 9.79. The summed E-state index contributed by atoms with van der Waals surface area (Å²) in [5, 5.41) is 17.7. The van der Waals surface area contributed by atoms with E-state index in [-0.39, 0.29) is 5.57 Å². The van der Waals surface area contributed by atoms with Crippen molar-refractivity contribution in [1.29, 1.82) is 0 Å². The molecule has 2 bridgehead atoms. The van der Waals surface area contributed by atoms with Crippen molar-refractivity contribution in [3.05, 3.63) is 23.8 Å². The predicted octanol–water partition coefficient (Wildman–Crippen LogP) is 1.44. The molecule has 0 radical (unpaired) electrons. The lowest BCUT2D eigenvalue weighted by Crippen LogP contribution is -2.22. The summed E-state index contributed by atoms with van der Waals surface area (Å²) in [6.07, 6.45) is 7.16. The summed E-state index contributed by atoms with van der Waals surface area (Å²) >= 11 is 0. The molecular formula is C11H12O4. The highest BCUT2D eigenvalue weighted by molar-refractivity contribution is 5.96. The topological polar surface area (TPSA) is 74.6 Å². The van der Waals surface area contributed by atoms with Gasteiger partial charge in [0.25, 0.3) is 0 Å². The third-order valence-electron chi connectivity index (χ3n) is 3.31. The minimum absolute atomic E-state index is 0.0197. The Morgan fingerprint density at radius 2 is 2.13 bits per heavy atom. The van der Waals surface area contributed by atoms with Crippen LogP contribution in [-0.2, 0) is 9.59 Å². The number of carboxylic acid groups (broad SMARTS) is 2. The van der Waals surface area contributed by atoms with E-state index in [0.717, 1.165) is 25.3 Å². The molecule has 2 aliphatic rings. The average molecular weight is 208 g/mol. The molecule has 2 atom stereocenters. The molecule has 0 aliphatic heterocycles. The Kier molecular flexibility index (Phi) is 2.14. The van der Waals surface area contributed by atoms with E-state index >= 15 is 0 Å². The molecule has 1 fully saturated rings. The number of fused-ring (bicyclic) bond motifs is 2. The quantitative estimate of drug-likeness (QED) is 0.543. The third-order valence-corrected chi connectivity index (χ3v) is 3.31. The van der Waals surface area contributed by atoms with E-state index in [1.165, 1.54) is 0 Å². The molecule has 1 saturated carbocycles. The van der Waals surface area contributed by atoms with E-state index in [9.17, 15) is 9.59 Å². The van der Waals surface area contributed by atoms with E-state index in [4.69, 9.17) is 10.2 Å². The zero-order valence-electron chi connectivity index (χ0n) is 8.14. The van der Waals surface area contributed by atoms with Gasteiger partial charge in [0.05, 0.1) is 5.57 Å². The molecule has 0 aromatic carbocycles. The van der Waals surface area contributed by atoms with Gasteiger partial charge in [0.1, 0.15) is 0 Å². The highest BCUT2D eigenvalue weighted by Gasteiger charge is 2.45. The van der Waals surface area contributed by atoms with Crippen LogP contribution in [0.5, 0.6) is 0 Å². The first-order chi connectivity index (χ1) is 7.03. The van der Waals surface area contributed by atoms with Crippen LogP contribution in [0.2, 0.25) is 0 Å². The van der Waals surface area contributed by atoms with Gasteiger partial charge >= 0.3 is 11.9 Å². The SMILES string of the molecule is O=C(O)/C=C(\C(=O)O)C12C=CC(CC1)C2. The normalized spacial score (nSPS) is 33.3. The molecule has 2 unspecified atom stereocenters. The second-order valence-electron chi connectivity index (χ2n) is 4.22. The van der Waals surface area contributed by atoms with Crippen molar-refractivity contribution in [2.24, 2.45) is 11.3 Å². The van der Waals surface area contributed by atoms with Crippen LogP contribution >= 0.6 is 0 Å². The lowest BCUT2D eigenvalue weighted by molar-refractivity contribution is -0.136. The minimum Gasteiger partial charge on any atom is -0.478 e. The summed E-state index contributed by atoms with van der Waals surface area (Å²) in [5.41, 5.74) is -0.499. The standard InChI is InChI=1S/C11H12O4/c12-9(13)5-8(10(14)15)11-3-1-7(6-11)2-4-11/h1,3,5,7H,2,4,6H2,(H,12,13)(H,14,15)/b8-5+. The van der Waals surface area contributed by atoms with E-state index in [0.29, 0.717) is 5.92 Å². The highest BCUT2D eigenvalue weighted by atomic mass is 16.4. The molecule has 0 spiro atoms. The van der Waals surface area contributed by atoms with Crippen LogP contribution < -0.4 is 0 Å². The van der Waals surface area contributed by atoms with Gasteiger partial charge in [-0.15, -0.1) is 0 Å². The number of allylic oxidation sites excluding steroid dienone is 2. The van der Waals surface area contributed by atoms with Crippen LogP contribution in [-0.4, -0.2) is 22.2 Å². The number of carbonyl (C=O) groups is 2. The zero-order chi connectivity index (χ0) is 11.1. The van der Waals surface area contributed by atoms with Gasteiger partial charge in [-0.3, -0.25) is 0 Å². The Bertz CT molecular complexity index is 380. The Hall–Kier alpha value is -1.58. The van der Waals surface area contributed by atoms with Crippen molar-refractivity contribution in [2.75, 3.05) is 0 Å². The van der Waals surface area contributed by atoms with Crippen molar-refractivity contribution in [1.82, 2.24) is 0 Å². The van der Waals surface area contributed by atoms with Gasteiger partial charge in [0.15, 0.2) is 0 Å². The fourth-order valence-corrected chi connectivity index (χ4v) is 2.63. The smallest absolute Gasteiger partial charge is 0.332 e. The van der Waals surface area contributed by atoms with Gasteiger partial charge in [0.2, 0.25) is 0 Å².